The number of pyridine rings is 1. The van der Waals surface area contributed by atoms with Gasteiger partial charge in [-0.15, -0.1) is 0 Å². The standard InChI is InChI=1S/C12H8ClF3N2O/c1-17-11-7(14)5-8(15)12(18-11)19-9-4-2-3-6(13)10(9)16/h2-5H,1H3,(H,17,18). The van der Waals surface area contributed by atoms with E-state index in [1.165, 1.54) is 25.2 Å². The van der Waals surface area contributed by atoms with E-state index < -0.39 is 23.3 Å². The fourth-order valence-electron chi connectivity index (χ4n) is 1.36. The summed E-state index contributed by atoms with van der Waals surface area (Å²) in [6.07, 6.45) is 0. The van der Waals surface area contributed by atoms with Crippen molar-refractivity contribution >= 4 is 17.4 Å². The number of halogens is 4. The second kappa shape index (κ2) is 5.36. The Morgan fingerprint density at radius 1 is 1.21 bits per heavy atom. The molecule has 1 aromatic carbocycles. The first-order valence-corrected chi connectivity index (χ1v) is 5.56. The Morgan fingerprint density at radius 3 is 2.63 bits per heavy atom. The molecule has 100 valence electrons. The Labute approximate surface area is 112 Å². The fraction of sp³-hybridized carbons (Fsp3) is 0.0833. The molecule has 7 heteroatoms. The summed E-state index contributed by atoms with van der Waals surface area (Å²) in [6, 6.07) is 4.60. The van der Waals surface area contributed by atoms with Gasteiger partial charge < -0.3 is 10.1 Å². The van der Waals surface area contributed by atoms with Gasteiger partial charge in [-0.2, -0.15) is 4.98 Å². The van der Waals surface area contributed by atoms with E-state index in [-0.39, 0.29) is 16.6 Å². The molecule has 0 aliphatic rings. The van der Waals surface area contributed by atoms with Crippen LogP contribution in [0.3, 0.4) is 0 Å². The number of rotatable bonds is 3. The molecule has 0 atom stereocenters. The lowest BCUT2D eigenvalue weighted by molar-refractivity contribution is 0.395. The van der Waals surface area contributed by atoms with Gasteiger partial charge in [-0.1, -0.05) is 17.7 Å². The van der Waals surface area contributed by atoms with Gasteiger partial charge in [0.2, 0.25) is 0 Å². The summed E-state index contributed by atoms with van der Waals surface area (Å²) in [7, 11) is 1.41. The molecule has 0 radical (unpaired) electrons. The van der Waals surface area contributed by atoms with Crippen LogP contribution in [-0.2, 0) is 0 Å². The molecular formula is C12H8ClF3N2O. The van der Waals surface area contributed by atoms with Crippen molar-refractivity contribution in [3.63, 3.8) is 0 Å². The van der Waals surface area contributed by atoms with E-state index in [1.807, 2.05) is 0 Å². The van der Waals surface area contributed by atoms with E-state index in [9.17, 15) is 13.2 Å². The molecule has 0 saturated heterocycles. The topological polar surface area (TPSA) is 34.2 Å². The molecule has 0 amide bonds. The molecule has 19 heavy (non-hydrogen) atoms. The fourth-order valence-corrected chi connectivity index (χ4v) is 1.53. The normalized spacial score (nSPS) is 10.4. The van der Waals surface area contributed by atoms with Crippen molar-refractivity contribution in [1.82, 2.24) is 4.98 Å². The summed E-state index contributed by atoms with van der Waals surface area (Å²) < 4.78 is 45.2. The van der Waals surface area contributed by atoms with Gasteiger partial charge in [0, 0.05) is 13.1 Å². The summed E-state index contributed by atoms with van der Waals surface area (Å²) >= 11 is 5.56. The molecule has 2 aromatic rings. The molecule has 1 aromatic heterocycles. The van der Waals surface area contributed by atoms with Crippen LogP contribution in [0.2, 0.25) is 5.02 Å². The van der Waals surface area contributed by atoms with Gasteiger partial charge in [-0.05, 0) is 12.1 Å². The SMILES string of the molecule is CNc1nc(Oc2cccc(Cl)c2F)c(F)cc1F. The van der Waals surface area contributed by atoms with Gasteiger partial charge >= 0.3 is 0 Å². The molecule has 0 aliphatic heterocycles. The zero-order valence-corrected chi connectivity index (χ0v) is 10.4. The summed E-state index contributed by atoms with van der Waals surface area (Å²) in [6.45, 7) is 0. The van der Waals surface area contributed by atoms with Crippen molar-refractivity contribution in [3.05, 3.63) is 46.7 Å². The molecule has 0 spiro atoms. The maximum absolute atomic E-state index is 13.6. The van der Waals surface area contributed by atoms with E-state index in [4.69, 9.17) is 16.3 Å². The second-order valence-corrected chi connectivity index (χ2v) is 3.92. The monoisotopic (exact) mass is 288 g/mol. The third kappa shape index (κ3) is 2.73. The van der Waals surface area contributed by atoms with Crippen molar-refractivity contribution in [2.45, 2.75) is 0 Å². The van der Waals surface area contributed by atoms with Gasteiger partial charge in [0.15, 0.2) is 29.0 Å². The predicted octanol–water partition coefficient (Wildman–Crippen LogP) is 3.99. The molecule has 2 rings (SSSR count). The number of ether oxygens (including phenoxy) is 1. The van der Waals surface area contributed by atoms with Gasteiger partial charge in [-0.25, -0.2) is 13.2 Å². The minimum Gasteiger partial charge on any atom is -0.433 e. The van der Waals surface area contributed by atoms with Crippen molar-refractivity contribution in [1.29, 1.82) is 0 Å². The highest BCUT2D eigenvalue weighted by Gasteiger charge is 2.15. The average Bonchev–Trinajstić information content (AvgIpc) is 2.38. The summed E-state index contributed by atoms with van der Waals surface area (Å²) in [5.74, 6) is -3.83. The van der Waals surface area contributed by atoms with Gasteiger partial charge in [0.1, 0.15) is 0 Å². The van der Waals surface area contributed by atoms with E-state index >= 15 is 0 Å². The zero-order valence-electron chi connectivity index (χ0n) is 9.68. The van der Waals surface area contributed by atoms with Crippen molar-refractivity contribution in [2.75, 3.05) is 12.4 Å². The highest BCUT2D eigenvalue weighted by molar-refractivity contribution is 6.30. The number of benzene rings is 1. The zero-order chi connectivity index (χ0) is 14.0. The van der Waals surface area contributed by atoms with Crippen LogP contribution >= 0.6 is 11.6 Å². The third-order valence-electron chi connectivity index (χ3n) is 2.26. The van der Waals surface area contributed by atoms with Crippen molar-refractivity contribution in [3.8, 4) is 11.6 Å². The Morgan fingerprint density at radius 2 is 1.95 bits per heavy atom. The lowest BCUT2D eigenvalue weighted by Crippen LogP contribution is -2.01. The van der Waals surface area contributed by atoms with Gasteiger partial charge in [-0.3, -0.25) is 0 Å². The summed E-state index contributed by atoms with van der Waals surface area (Å²) in [5.41, 5.74) is 0. The quantitative estimate of drug-likeness (QED) is 0.927. The van der Waals surface area contributed by atoms with Crippen molar-refractivity contribution < 1.29 is 17.9 Å². The molecule has 1 N–H and O–H groups in total. The Balaban J connectivity index is 2.41. The number of aromatic nitrogens is 1. The minimum atomic E-state index is -1.05. The van der Waals surface area contributed by atoms with E-state index in [2.05, 4.69) is 10.3 Å². The average molecular weight is 289 g/mol. The molecule has 0 unspecified atom stereocenters. The van der Waals surface area contributed by atoms with E-state index in [0.717, 1.165) is 0 Å². The Hall–Kier alpha value is -1.95. The first-order valence-electron chi connectivity index (χ1n) is 5.18. The number of anilines is 1. The van der Waals surface area contributed by atoms with Crippen LogP contribution in [0.25, 0.3) is 0 Å². The molecule has 0 saturated carbocycles. The summed E-state index contributed by atoms with van der Waals surface area (Å²) in [4.78, 5) is 3.56. The van der Waals surface area contributed by atoms with E-state index in [1.54, 1.807) is 0 Å². The number of hydrogen-bond acceptors (Lipinski definition) is 3. The molecule has 0 fully saturated rings. The number of hydrogen-bond donors (Lipinski definition) is 1. The molecular weight excluding hydrogens is 281 g/mol. The highest BCUT2D eigenvalue weighted by Crippen LogP contribution is 2.30. The minimum absolute atomic E-state index is 0.172. The Kier molecular flexibility index (Phi) is 3.80. The van der Waals surface area contributed by atoms with Crippen LogP contribution in [0.15, 0.2) is 24.3 Å². The maximum Gasteiger partial charge on any atom is 0.258 e. The second-order valence-electron chi connectivity index (χ2n) is 3.51. The molecule has 0 bridgehead atoms. The van der Waals surface area contributed by atoms with Crippen molar-refractivity contribution in [2.24, 2.45) is 0 Å². The molecule has 0 aliphatic carbocycles. The molecule has 1 heterocycles. The Bertz CT molecular complexity index is 622. The largest absolute Gasteiger partial charge is 0.433 e. The van der Waals surface area contributed by atoms with Gasteiger partial charge in [0.05, 0.1) is 5.02 Å². The maximum atomic E-state index is 13.6. The van der Waals surface area contributed by atoms with Crippen LogP contribution in [-0.4, -0.2) is 12.0 Å². The van der Waals surface area contributed by atoms with E-state index in [0.29, 0.717) is 6.07 Å². The number of nitrogens with zero attached hydrogens (tertiary/aromatic N) is 1. The first kappa shape index (κ1) is 13.5. The smallest absolute Gasteiger partial charge is 0.258 e. The third-order valence-corrected chi connectivity index (χ3v) is 2.55. The molecule has 3 nitrogen and oxygen atoms in total. The van der Waals surface area contributed by atoms with Crippen LogP contribution in [0.1, 0.15) is 0 Å². The van der Waals surface area contributed by atoms with Gasteiger partial charge in [0.25, 0.3) is 5.88 Å². The number of nitrogens with one attached hydrogen (secondary N) is 1. The van der Waals surface area contributed by atoms with Crippen LogP contribution in [0, 0.1) is 17.5 Å². The van der Waals surface area contributed by atoms with Crippen LogP contribution in [0.5, 0.6) is 11.6 Å². The lowest BCUT2D eigenvalue weighted by Gasteiger charge is -2.09. The predicted molar refractivity (Wildman–Crippen MR) is 65.2 cm³/mol. The summed E-state index contributed by atoms with van der Waals surface area (Å²) in [5, 5.41) is 2.25. The van der Waals surface area contributed by atoms with Crippen LogP contribution < -0.4 is 10.1 Å². The lowest BCUT2D eigenvalue weighted by atomic mass is 10.3. The first-order chi connectivity index (χ1) is 9.02. The highest BCUT2D eigenvalue weighted by atomic mass is 35.5. The van der Waals surface area contributed by atoms with Crippen LogP contribution in [0.4, 0.5) is 19.0 Å².